The summed E-state index contributed by atoms with van der Waals surface area (Å²) < 4.78 is 6.39. The Morgan fingerprint density at radius 1 is 1.05 bits per heavy atom. The second kappa shape index (κ2) is 5.85. The molecule has 5 heteroatoms. The molecule has 108 valence electrons. The number of rotatable bonds is 3. The van der Waals surface area contributed by atoms with E-state index in [4.69, 9.17) is 4.74 Å². The van der Waals surface area contributed by atoms with Crippen LogP contribution < -0.4 is 4.74 Å². The summed E-state index contributed by atoms with van der Waals surface area (Å²) in [5.41, 5.74) is 2.61. The van der Waals surface area contributed by atoms with E-state index >= 15 is 0 Å². The summed E-state index contributed by atoms with van der Waals surface area (Å²) >= 11 is 3.24. The maximum atomic E-state index is 11.1. The number of fused-ring (bicyclic) bond motifs is 1. The third-order valence-corrected chi connectivity index (χ3v) is 4.16. The monoisotopic (exact) mass is 347 g/mol. The van der Waals surface area contributed by atoms with Gasteiger partial charge < -0.3 is 4.74 Å². The summed E-state index contributed by atoms with van der Waals surface area (Å²) in [7, 11) is 0. The van der Waals surface area contributed by atoms with Crippen LogP contribution in [0.1, 0.15) is 24.0 Å². The number of hydrogen-bond donors (Lipinski definition) is 0. The number of nitro groups is 1. The van der Waals surface area contributed by atoms with Crippen molar-refractivity contribution in [1.82, 2.24) is 0 Å². The van der Waals surface area contributed by atoms with Crippen LogP contribution >= 0.6 is 15.9 Å². The molecule has 3 rings (SSSR count). The van der Waals surface area contributed by atoms with Crippen LogP contribution in [0.5, 0.6) is 11.5 Å². The lowest BCUT2D eigenvalue weighted by atomic mass is 9.92. The Bertz CT molecular complexity index is 700. The summed E-state index contributed by atoms with van der Waals surface area (Å²) in [6.07, 6.45) is 4.57. The average Bonchev–Trinajstić information content (AvgIpc) is 2.49. The highest BCUT2D eigenvalue weighted by atomic mass is 79.9. The Kier molecular flexibility index (Phi) is 3.92. The van der Waals surface area contributed by atoms with Gasteiger partial charge >= 0.3 is 5.69 Å². The number of nitrogens with zero attached hydrogens (tertiary/aromatic N) is 1. The normalized spacial score (nSPS) is 13.6. The minimum atomic E-state index is -0.432. The summed E-state index contributed by atoms with van der Waals surface area (Å²) in [6, 6.07) is 10.8. The van der Waals surface area contributed by atoms with Crippen LogP contribution in [-0.4, -0.2) is 4.92 Å². The highest BCUT2D eigenvalue weighted by molar-refractivity contribution is 9.10. The van der Waals surface area contributed by atoms with Crippen LogP contribution in [0.4, 0.5) is 5.69 Å². The zero-order chi connectivity index (χ0) is 14.8. The third kappa shape index (κ3) is 3.08. The molecule has 0 fully saturated rings. The van der Waals surface area contributed by atoms with Crippen molar-refractivity contribution >= 4 is 21.6 Å². The van der Waals surface area contributed by atoms with Crippen LogP contribution in [0, 0.1) is 10.1 Å². The number of ether oxygens (including phenoxy) is 1. The van der Waals surface area contributed by atoms with Crippen LogP contribution in [-0.2, 0) is 12.8 Å². The number of benzene rings is 2. The minimum absolute atomic E-state index is 0.0397. The summed E-state index contributed by atoms with van der Waals surface area (Å²) in [4.78, 5) is 10.7. The molecule has 0 saturated carbocycles. The minimum Gasteiger partial charge on any atom is -0.450 e. The molecule has 0 heterocycles. The zero-order valence-corrected chi connectivity index (χ0v) is 12.9. The molecule has 0 aromatic heterocycles. The Hall–Kier alpha value is -1.88. The smallest absolute Gasteiger partial charge is 0.312 e. The number of aryl methyl sites for hydroxylation is 2. The molecule has 1 aliphatic carbocycles. The van der Waals surface area contributed by atoms with Crippen molar-refractivity contribution in [3.05, 3.63) is 62.1 Å². The highest BCUT2D eigenvalue weighted by Gasteiger charge is 2.17. The molecule has 21 heavy (non-hydrogen) atoms. The van der Waals surface area contributed by atoms with Crippen molar-refractivity contribution in [2.45, 2.75) is 25.7 Å². The van der Waals surface area contributed by atoms with Gasteiger partial charge in [-0.15, -0.1) is 0 Å². The van der Waals surface area contributed by atoms with Gasteiger partial charge in [0.05, 0.1) is 4.92 Å². The molecule has 2 aromatic carbocycles. The fraction of sp³-hybridized carbons (Fsp3) is 0.250. The van der Waals surface area contributed by atoms with Gasteiger partial charge in [-0.05, 0) is 61.1 Å². The van der Waals surface area contributed by atoms with Crippen molar-refractivity contribution in [2.75, 3.05) is 0 Å². The Labute approximate surface area is 131 Å². The van der Waals surface area contributed by atoms with Crippen LogP contribution in [0.15, 0.2) is 40.9 Å². The van der Waals surface area contributed by atoms with E-state index in [1.807, 2.05) is 12.1 Å². The first-order chi connectivity index (χ1) is 10.1. The van der Waals surface area contributed by atoms with Crippen molar-refractivity contribution in [2.24, 2.45) is 0 Å². The van der Waals surface area contributed by atoms with Crippen molar-refractivity contribution in [3.63, 3.8) is 0 Å². The van der Waals surface area contributed by atoms with Crippen molar-refractivity contribution < 1.29 is 9.66 Å². The molecule has 0 bridgehead atoms. The molecule has 0 radical (unpaired) electrons. The maximum Gasteiger partial charge on any atom is 0.312 e. The Morgan fingerprint density at radius 3 is 2.57 bits per heavy atom. The van der Waals surface area contributed by atoms with Crippen LogP contribution in [0.3, 0.4) is 0 Å². The SMILES string of the molecule is O=[N+]([O-])c1cc(Br)ccc1Oc1ccc2c(c1)CCCC2. The molecule has 0 amide bonds. The fourth-order valence-corrected chi connectivity index (χ4v) is 2.97. The standard InChI is InChI=1S/C16H14BrNO3/c17-13-6-8-16(15(10-13)18(19)20)21-14-7-5-11-3-1-2-4-12(11)9-14/h5-10H,1-4H2. The van der Waals surface area contributed by atoms with E-state index in [2.05, 4.69) is 22.0 Å². The lowest BCUT2D eigenvalue weighted by Crippen LogP contribution is -2.02. The van der Waals surface area contributed by atoms with E-state index in [1.54, 1.807) is 12.1 Å². The van der Waals surface area contributed by atoms with Crippen molar-refractivity contribution in [3.8, 4) is 11.5 Å². The van der Waals surface area contributed by atoms with Gasteiger partial charge in [0.2, 0.25) is 5.75 Å². The molecule has 0 unspecified atom stereocenters. The van der Waals surface area contributed by atoms with E-state index in [1.165, 1.54) is 30.0 Å². The molecule has 0 saturated heterocycles. The van der Waals surface area contributed by atoms with E-state index in [-0.39, 0.29) is 11.4 Å². The van der Waals surface area contributed by atoms with Gasteiger partial charge in [-0.3, -0.25) is 10.1 Å². The molecule has 4 nitrogen and oxygen atoms in total. The fourth-order valence-electron chi connectivity index (χ4n) is 2.62. The lowest BCUT2D eigenvalue weighted by Gasteiger charge is -2.16. The molecular weight excluding hydrogens is 334 g/mol. The molecular formula is C16H14BrNO3. The summed E-state index contributed by atoms with van der Waals surface area (Å²) in [6.45, 7) is 0. The number of hydrogen-bond acceptors (Lipinski definition) is 3. The van der Waals surface area contributed by atoms with E-state index in [0.29, 0.717) is 10.2 Å². The van der Waals surface area contributed by atoms with E-state index < -0.39 is 4.92 Å². The summed E-state index contributed by atoms with van der Waals surface area (Å²) in [5, 5.41) is 11.1. The predicted octanol–water partition coefficient (Wildman–Crippen LogP) is 5.03. The van der Waals surface area contributed by atoms with Gasteiger partial charge in [0.1, 0.15) is 5.75 Å². The zero-order valence-electron chi connectivity index (χ0n) is 11.3. The molecule has 2 aromatic rings. The average molecular weight is 348 g/mol. The van der Waals surface area contributed by atoms with Crippen LogP contribution in [0.25, 0.3) is 0 Å². The van der Waals surface area contributed by atoms with Gasteiger partial charge in [-0.1, -0.05) is 22.0 Å². The first-order valence-corrected chi connectivity index (χ1v) is 7.66. The predicted molar refractivity (Wildman–Crippen MR) is 84.0 cm³/mol. The Balaban J connectivity index is 1.92. The summed E-state index contributed by atoms with van der Waals surface area (Å²) in [5.74, 6) is 0.917. The largest absolute Gasteiger partial charge is 0.450 e. The van der Waals surface area contributed by atoms with Gasteiger partial charge in [0, 0.05) is 10.5 Å². The first-order valence-electron chi connectivity index (χ1n) is 6.87. The maximum absolute atomic E-state index is 11.1. The Morgan fingerprint density at radius 2 is 1.81 bits per heavy atom. The highest BCUT2D eigenvalue weighted by Crippen LogP contribution is 2.35. The lowest BCUT2D eigenvalue weighted by molar-refractivity contribution is -0.385. The molecule has 1 aliphatic rings. The molecule has 0 aliphatic heterocycles. The molecule has 0 spiro atoms. The van der Waals surface area contributed by atoms with Gasteiger partial charge in [-0.25, -0.2) is 0 Å². The van der Waals surface area contributed by atoms with Gasteiger partial charge in [-0.2, -0.15) is 0 Å². The van der Waals surface area contributed by atoms with Crippen molar-refractivity contribution in [1.29, 1.82) is 0 Å². The van der Waals surface area contributed by atoms with E-state index in [9.17, 15) is 10.1 Å². The van der Waals surface area contributed by atoms with Gasteiger partial charge in [0.15, 0.2) is 0 Å². The van der Waals surface area contributed by atoms with Gasteiger partial charge in [0.25, 0.3) is 0 Å². The number of halogens is 1. The second-order valence-electron chi connectivity index (χ2n) is 5.11. The quantitative estimate of drug-likeness (QED) is 0.578. The van der Waals surface area contributed by atoms with Crippen LogP contribution in [0.2, 0.25) is 0 Å². The first kappa shape index (κ1) is 14.1. The number of nitro benzene ring substituents is 1. The third-order valence-electron chi connectivity index (χ3n) is 3.67. The molecule has 0 N–H and O–H groups in total. The topological polar surface area (TPSA) is 52.4 Å². The second-order valence-corrected chi connectivity index (χ2v) is 6.02. The molecule has 0 atom stereocenters. The van der Waals surface area contributed by atoms with E-state index in [0.717, 1.165) is 12.8 Å².